The van der Waals surface area contributed by atoms with E-state index in [9.17, 15) is 17.6 Å². The fourth-order valence-electron chi connectivity index (χ4n) is 0.636. The van der Waals surface area contributed by atoms with Crippen LogP contribution >= 0.6 is 0 Å². The summed E-state index contributed by atoms with van der Waals surface area (Å²) >= 11 is 0. The van der Waals surface area contributed by atoms with E-state index < -0.39 is 17.5 Å². The summed E-state index contributed by atoms with van der Waals surface area (Å²) in [4.78, 5) is 0. The van der Waals surface area contributed by atoms with Crippen LogP contribution in [0.5, 0.6) is 0 Å². The third kappa shape index (κ3) is 10.7. The van der Waals surface area contributed by atoms with Crippen molar-refractivity contribution in [1.82, 2.24) is 0 Å². The normalized spacial score (nSPS) is 10.0. The second kappa shape index (κ2) is 13.2. The average Bonchev–Trinajstić information content (AvgIpc) is 2.42. The Morgan fingerprint density at radius 3 is 1.83 bits per heavy atom. The van der Waals surface area contributed by atoms with Gasteiger partial charge in [-0.15, -0.1) is 0 Å². The predicted octanol–water partition coefficient (Wildman–Crippen LogP) is 5.50. The first-order valence-electron chi connectivity index (χ1n) is 5.26. The molecule has 0 aliphatic carbocycles. The number of hydrogen-bond acceptors (Lipinski definition) is 0. The molecule has 100 valence electrons. The zero-order valence-electron chi connectivity index (χ0n) is 10.3. The Morgan fingerprint density at radius 1 is 1.11 bits per heavy atom. The molecule has 18 heavy (non-hydrogen) atoms. The molecule has 0 aliphatic heterocycles. The van der Waals surface area contributed by atoms with Gasteiger partial charge in [0.2, 0.25) is 0 Å². The van der Waals surface area contributed by atoms with E-state index in [4.69, 9.17) is 0 Å². The summed E-state index contributed by atoms with van der Waals surface area (Å²) < 4.78 is 46.6. The molecule has 1 aromatic carbocycles. The minimum atomic E-state index is -0.898. The van der Waals surface area contributed by atoms with Crippen molar-refractivity contribution in [2.75, 3.05) is 0 Å². The van der Waals surface area contributed by atoms with Gasteiger partial charge in [-0.3, -0.25) is 0 Å². The van der Waals surface area contributed by atoms with Crippen molar-refractivity contribution in [2.45, 2.75) is 13.8 Å². The Kier molecular flexibility index (Phi) is 13.6. The topological polar surface area (TPSA) is 0 Å². The molecule has 0 fully saturated rings. The van der Waals surface area contributed by atoms with E-state index >= 15 is 0 Å². The van der Waals surface area contributed by atoms with E-state index in [-0.39, 0.29) is 6.33 Å². The van der Waals surface area contributed by atoms with E-state index in [1.165, 1.54) is 24.3 Å². The molecule has 0 radical (unpaired) electrons. The Labute approximate surface area is 105 Å². The molecule has 0 saturated carbocycles. The van der Waals surface area contributed by atoms with Gasteiger partial charge in [0.05, 0.1) is 0 Å². The number of hydrogen-bond donors (Lipinski definition) is 0. The van der Waals surface area contributed by atoms with Crippen LogP contribution in [0, 0.1) is 11.6 Å². The molecule has 0 aliphatic rings. The first-order chi connectivity index (χ1) is 8.61. The summed E-state index contributed by atoms with van der Waals surface area (Å²) in [6, 6.07) is 5.04. The van der Waals surface area contributed by atoms with Crippen molar-refractivity contribution in [2.24, 2.45) is 0 Å². The summed E-state index contributed by atoms with van der Waals surface area (Å²) in [5.41, 5.74) is 0. The molecule has 0 heterocycles. The highest BCUT2D eigenvalue weighted by atomic mass is 19.2. The molecule has 0 N–H and O–H groups in total. The molecular weight excluding hydrogens is 244 g/mol. The van der Waals surface area contributed by atoms with Crippen LogP contribution in [0.3, 0.4) is 0 Å². The van der Waals surface area contributed by atoms with Crippen LogP contribution in [-0.2, 0) is 0 Å². The van der Waals surface area contributed by atoms with Gasteiger partial charge in [0.1, 0.15) is 6.33 Å². The predicted molar refractivity (Wildman–Crippen MR) is 67.3 cm³/mol. The monoisotopic (exact) mass is 260 g/mol. The van der Waals surface area contributed by atoms with Gasteiger partial charge in [0.25, 0.3) is 0 Å². The van der Waals surface area contributed by atoms with Crippen LogP contribution in [0.15, 0.2) is 61.2 Å². The average molecular weight is 260 g/mol. The summed E-state index contributed by atoms with van der Waals surface area (Å²) in [5, 5.41) is 0. The lowest BCUT2D eigenvalue weighted by Crippen LogP contribution is -1.77. The first-order valence-corrected chi connectivity index (χ1v) is 5.26. The molecule has 0 spiro atoms. The Bertz CT molecular complexity index is 360. The Morgan fingerprint density at radius 2 is 1.56 bits per heavy atom. The minimum Gasteiger partial charge on any atom is -0.212 e. The molecule has 0 bridgehead atoms. The van der Waals surface area contributed by atoms with Crippen molar-refractivity contribution >= 4 is 0 Å². The number of rotatable bonds is 2. The number of benzene rings is 1. The van der Waals surface area contributed by atoms with E-state index in [2.05, 4.69) is 6.58 Å². The maximum absolute atomic E-state index is 11.9. The fraction of sp³-hybridized carbons (Fsp3) is 0.143. The molecule has 0 atom stereocenters. The molecule has 1 rings (SSSR count). The van der Waals surface area contributed by atoms with Crippen LogP contribution in [0.1, 0.15) is 13.8 Å². The SMILES string of the molecule is C=C/C=C\C(F)=C\F.CC.Fc1ccccc1F. The van der Waals surface area contributed by atoms with Gasteiger partial charge in [-0.25, -0.2) is 17.6 Å². The highest BCUT2D eigenvalue weighted by Gasteiger charge is 1.93. The summed E-state index contributed by atoms with van der Waals surface area (Å²) in [7, 11) is 0. The molecule has 0 unspecified atom stereocenters. The number of halogens is 4. The van der Waals surface area contributed by atoms with Crippen LogP contribution in [0.25, 0.3) is 0 Å². The molecular formula is C14H16F4. The largest absolute Gasteiger partial charge is 0.212 e. The maximum Gasteiger partial charge on any atom is 0.158 e. The van der Waals surface area contributed by atoms with Gasteiger partial charge in [-0.1, -0.05) is 44.7 Å². The lowest BCUT2D eigenvalue weighted by molar-refractivity contribution is 0.508. The van der Waals surface area contributed by atoms with Crippen molar-refractivity contribution in [3.8, 4) is 0 Å². The third-order valence-corrected chi connectivity index (χ3v) is 1.32. The number of allylic oxidation sites excluding steroid dienone is 4. The quantitative estimate of drug-likeness (QED) is 0.486. The van der Waals surface area contributed by atoms with Crippen LogP contribution < -0.4 is 0 Å². The van der Waals surface area contributed by atoms with E-state index in [0.29, 0.717) is 0 Å². The smallest absolute Gasteiger partial charge is 0.158 e. The zero-order chi connectivity index (χ0) is 14.4. The Balaban J connectivity index is 0. The second-order valence-electron chi connectivity index (χ2n) is 2.50. The first kappa shape index (κ1) is 18.5. The van der Waals surface area contributed by atoms with E-state index in [0.717, 1.165) is 18.2 Å². The van der Waals surface area contributed by atoms with Crippen molar-refractivity contribution in [3.63, 3.8) is 0 Å². The summed E-state index contributed by atoms with van der Waals surface area (Å²) in [5.74, 6) is -2.50. The van der Waals surface area contributed by atoms with Crippen molar-refractivity contribution in [1.29, 1.82) is 0 Å². The summed E-state index contributed by atoms with van der Waals surface area (Å²) in [6.45, 7) is 7.26. The highest BCUT2D eigenvalue weighted by Crippen LogP contribution is 2.01. The second-order valence-corrected chi connectivity index (χ2v) is 2.50. The molecule has 0 nitrogen and oxygen atoms in total. The van der Waals surface area contributed by atoms with Crippen LogP contribution in [0.4, 0.5) is 17.6 Å². The third-order valence-electron chi connectivity index (χ3n) is 1.32. The van der Waals surface area contributed by atoms with Gasteiger partial charge in [-0.2, -0.15) is 0 Å². The summed E-state index contributed by atoms with van der Waals surface area (Å²) in [6.07, 6.45) is 3.54. The molecule has 1 aromatic rings. The van der Waals surface area contributed by atoms with Crippen molar-refractivity contribution in [3.05, 3.63) is 72.9 Å². The zero-order valence-corrected chi connectivity index (χ0v) is 10.3. The van der Waals surface area contributed by atoms with Gasteiger partial charge in [-0.05, 0) is 18.2 Å². The van der Waals surface area contributed by atoms with Crippen molar-refractivity contribution < 1.29 is 17.6 Å². The van der Waals surface area contributed by atoms with Gasteiger partial charge in [0.15, 0.2) is 17.5 Å². The van der Waals surface area contributed by atoms with Crippen LogP contribution in [0.2, 0.25) is 0 Å². The maximum atomic E-state index is 11.9. The lowest BCUT2D eigenvalue weighted by atomic mass is 10.3. The lowest BCUT2D eigenvalue weighted by Gasteiger charge is -1.85. The van der Waals surface area contributed by atoms with E-state index in [1.54, 1.807) is 0 Å². The fourth-order valence-corrected chi connectivity index (χ4v) is 0.636. The molecule has 0 saturated heterocycles. The molecule has 4 heteroatoms. The van der Waals surface area contributed by atoms with Gasteiger partial charge < -0.3 is 0 Å². The minimum absolute atomic E-state index is 0.111. The van der Waals surface area contributed by atoms with Gasteiger partial charge >= 0.3 is 0 Å². The van der Waals surface area contributed by atoms with E-state index in [1.807, 2.05) is 13.8 Å². The molecule has 0 aromatic heterocycles. The highest BCUT2D eigenvalue weighted by molar-refractivity contribution is 5.12. The standard InChI is InChI=1S/C6H4F2.C6H6F2.C2H6/c7-5-3-1-2-4-6(5)8;1-2-3-4-6(8)5-7;1-2/h1-4H;2-5H,1H2;1-2H3/b;4-3-,6-5-;. The molecule has 0 amide bonds. The Hall–Kier alpha value is -1.84. The van der Waals surface area contributed by atoms with Gasteiger partial charge in [0, 0.05) is 0 Å². The van der Waals surface area contributed by atoms with Crippen LogP contribution in [-0.4, -0.2) is 0 Å².